The highest BCUT2D eigenvalue weighted by Crippen LogP contribution is 2.25. The maximum atomic E-state index is 5.55. The number of nitrogens with two attached hydrogens (primary N) is 1. The molecule has 0 amide bonds. The number of aromatic nitrogens is 2. The van der Waals surface area contributed by atoms with Crippen LogP contribution in [0.4, 0.5) is 0 Å². The molecule has 1 aromatic heterocycles. The Kier molecular flexibility index (Phi) is 7.13. The van der Waals surface area contributed by atoms with E-state index in [4.69, 9.17) is 10.5 Å². The Morgan fingerprint density at radius 1 is 1.33 bits per heavy atom. The van der Waals surface area contributed by atoms with Crippen LogP contribution in [0.2, 0.25) is 0 Å². The van der Waals surface area contributed by atoms with Gasteiger partial charge in [-0.25, -0.2) is 0 Å². The van der Waals surface area contributed by atoms with E-state index in [0.29, 0.717) is 13.2 Å². The molecule has 0 saturated heterocycles. The smallest absolute Gasteiger partial charge is 0.157 e. The van der Waals surface area contributed by atoms with E-state index in [1.54, 1.807) is 6.20 Å². The van der Waals surface area contributed by atoms with E-state index < -0.39 is 0 Å². The maximum Gasteiger partial charge on any atom is 0.157 e. The third-order valence-corrected chi connectivity index (χ3v) is 3.40. The number of ether oxygens (including phenoxy) is 1. The van der Waals surface area contributed by atoms with Crippen LogP contribution in [0.1, 0.15) is 38.5 Å². The third kappa shape index (κ3) is 4.86. The molecule has 1 saturated carbocycles. The van der Waals surface area contributed by atoms with Crippen molar-refractivity contribution < 1.29 is 4.74 Å². The monoisotopic (exact) mass is 273 g/mol. The summed E-state index contributed by atoms with van der Waals surface area (Å²) < 4.78 is 7.57. The van der Waals surface area contributed by atoms with Crippen LogP contribution in [0.3, 0.4) is 0 Å². The number of nitrogens with zero attached hydrogens (tertiary/aromatic N) is 2. The Morgan fingerprint density at radius 3 is 2.83 bits per heavy atom. The molecule has 1 heterocycles. The second-order valence-corrected chi connectivity index (χ2v) is 4.89. The van der Waals surface area contributed by atoms with Crippen molar-refractivity contribution in [1.29, 1.82) is 0 Å². The average Bonchev–Trinajstić information content (AvgIpc) is 2.79. The molecule has 0 spiro atoms. The summed E-state index contributed by atoms with van der Waals surface area (Å²) in [4.78, 5) is 0. The van der Waals surface area contributed by atoms with E-state index in [1.807, 2.05) is 10.9 Å². The zero-order chi connectivity index (χ0) is 11.9. The predicted molar refractivity (Wildman–Crippen MR) is 75.2 cm³/mol. The van der Waals surface area contributed by atoms with Gasteiger partial charge in [0.25, 0.3) is 0 Å². The molecule has 0 atom stereocenters. The summed E-state index contributed by atoms with van der Waals surface area (Å²) >= 11 is 0. The van der Waals surface area contributed by atoms with Gasteiger partial charge in [-0.15, -0.1) is 12.4 Å². The molecular weight excluding hydrogens is 250 g/mol. The largest absolute Gasteiger partial charge is 0.490 e. The molecule has 0 bridgehead atoms. The van der Waals surface area contributed by atoms with Crippen molar-refractivity contribution in [2.45, 2.75) is 45.1 Å². The summed E-state index contributed by atoms with van der Waals surface area (Å²) in [5.74, 6) is 1.68. The standard InChI is InChI=1S/C13H23N3O.ClH/c14-7-4-8-17-13-9-15-16(11-13)10-12-5-2-1-3-6-12;/h9,11-12H,1-8,10,14H2;1H. The fourth-order valence-corrected chi connectivity index (χ4v) is 2.43. The summed E-state index contributed by atoms with van der Waals surface area (Å²) in [6.45, 7) is 2.40. The van der Waals surface area contributed by atoms with E-state index in [2.05, 4.69) is 5.10 Å². The maximum absolute atomic E-state index is 5.55. The van der Waals surface area contributed by atoms with Crippen molar-refractivity contribution in [3.05, 3.63) is 12.4 Å². The Bertz CT molecular complexity index is 324. The highest BCUT2D eigenvalue weighted by atomic mass is 35.5. The number of hydrogen-bond acceptors (Lipinski definition) is 3. The van der Waals surface area contributed by atoms with Crippen molar-refractivity contribution in [1.82, 2.24) is 9.78 Å². The van der Waals surface area contributed by atoms with Gasteiger partial charge in [-0.05, 0) is 31.7 Å². The molecule has 104 valence electrons. The first-order valence-corrected chi connectivity index (χ1v) is 6.74. The molecule has 2 N–H and O–H groups in total. The van der Waals surface area contributed by atoms with E-state index in [9.17, 15) is 0 Å². The molecule has 0 radical (unpaired) electrons. The molecule has 1 aromatic rings. The van der Waals surface area contributed by atoms with E-state index in [1.165, 1.54) is 32.1 Å². The number of halogens is 1. The summed E-state index contributed by atoms with van der Waals surface area (Å²) in [5, 5.41) is 4.35. The number of hydrogen-bond donors (Lipinski definition) is 1. The number of rotatable bonds is 6. The van der Waals surface area contributed by atoms with Crippen LogP contribution in [0, 0.1) is 5.92 Å². The fourth-order valence-electron chi connectivity index (χ4n) is 2.43. The van der Waals surface area contributed by atoms with Crippen LogP contribution in [0.5, 0.6) is 5.75 Å². The van der Waals surface area contributed by atoms with Crippen LogP contribution in [-0.2, 0) is 6.54 Å². The quantitative estimate of drug-likeness (QED) is 0.811. The lowest BCUT2D eigenvalue weighted by Gasteiger charge is -2.21. The molecule has 2 rings (SSSR count). The first-order valence-electron chi connectivity index (χ1n) is 6.74. The van der Waals surface area contributed by atoms with Crippen LogP contribution in [0.15, 0.2) is 12.4 Å². The summed E-state index contributed by atoms with van der Waals surface area (Å²) in [6.07, 6.45) is 11.6. The molecule has 1 fully saturated rings. The SMILES string of the molecule is Cl.NCCCOc1cnn(CC2CCCCC2)c1. The van der Waals surface area contributed by atoms with E-state index in [-0.39, 0.29) is 12.4 Å². The lowest BCUT2D eigenvalue weighted by atomic mass is 9.89. The highest BCUT2D eigenvalue weighted by molar-refractivity contribution is 5.85. The first-order chi connectivity index (χ1) is 8.38. The van der Waals surface area contributed by atoms with E-state index >= 15 is 0 Å². The molecular formula is C13H24ClN3O. The minimum absolute atomic E-state index is 0. The van der Waals surface area contributed by atoms with Gasteiger partial charge in [0, 0.05) is 6.54 Å². The van der Waals surface area contributed by atoms with Crippen LogP contribution in [0.25, 0.3) is 0 Å². The van der Waals surface area contributed by atoms with Gasteiger partial charge < -0.3 is 10.5 Å². The zero-order valence-corrected chi connectivity index (χ0v) is 11.7. The van der Waals surface area contributed by atoms with Crippen molar-refractivity contribution in [3.63, 3.8) is 0 Å². The van der Waals surface area contributed by atoms with Crippen LogP contribution >= 0.6 is 12.4 Å². The van der Waals surface area contributed by atoms with Gasteiger partial charge >= 0.3 is 0 Å². The van der Waals surface area contributed by atoms with Gasteiger partial charge in [-0.2, -0.15) is 5.10 Å². The first kappa shape index (κ1) is 15.3. The molecule has 4 nitrogen and oxygen atoms in total. The van der Waals surface area contributed by atoms with Crippen LogP contribution in [-0.4, -0.2) is 22.9 Å². The molecule has 18 heavy (non-hydrogen) atoms. The Balaban J connectivity index is 0.00000162. The minimum atomic E-state index is 0. The van der Waals surface area contributed by atoms with Crippen LogP contribution < -0.4 is 10.5 Å². The molecule has 0 unspecified atom stereocenters. The van der Waals surface area contributed by atoms with Crippen molar-refractivity contribution >= 4 is 12.4 Å². The summed E-state index contributed by atoms with van der Waals surface area (Å²) in [5.41, 5.74) is 5.42. The summed E-state index contributed by atoms with van der Waals surface area (Å²) in [7, 11) is 0. The van der Waals surface area contributed by atoms with Gasteiger partial charge in [0.1, 0.15) is 0 Å². The Labute approximate surface area is 115 Å². The Hall–Kier alpha value is -0.740. The van der Waals surface area contributed by atoms with Gasteiger partial charge in [0.15, 0.2) is 5.75 Å². The van der Waals surface area contributed by atoms with E-state index in [0.717, 1.165) is 24.6 Å². The average molecular weight is 274 g/mol. The van der Waals surface area contributed by atoms with Gasteiger partial charge in [0.2, 0.25) is 0 Å². The van der Waals surface area contributed by atoms with Gasteiger partial charge in [0.05, 0.1) is 19.0 Å². The predicted octanol–water partition coefficient (Wildman–Crippen LogP) is 2.61. The molecule has 1 aliphatic rings. The van der Waals surface area contributed by atoms with Crippen molar-refractivity contribution in [2.24, 2.45) is 11.7 Å². The van der Waals surface area contributed by atoms with Gasteiger partial charge in [-0.3, -0.25) is 4.68 Å². The molecule has 5 heteroatoms. The van der Waals surface area contributed by atoms with Crippen molar-refractivity contribution in [2.75, 3.05) is 13.2 Å². The Morgan fingerprint density at radius 2 is 2.11 bits per heavy atom. The topological polar surface area (TPSA) is 53.1 Å². The lowest BCUT2D eigenvalue weighted by molar-refractivity contribution is 0.302. The third-order valence-electron chi connectivity index (χ3n) is 3.40. The fraction of sp³-hybridized carbons (Fsp3) is 0.769. The lowest BCUT2D eigenvalue weighted by Crippen LogP contribution is -2.14. The van der Waals surface area contributed by atoms with Gasteiger partial charge in [-0.1, -0.05) is 19.3 Å². The zero-order valence-electron chi connectivity index (χ0n) is 10.9. The second-order valence-electron chi connectivity index (χ2n) is 4.89. The summed E-state index contributed by atoms with van der Waals surface area (Å²) in [6, 6.07) is 0. The second kappa shape index (κ2) is 8.38. The highest BCUT2D eigenvalue weighted by Gasteiger charge is 2.14. The molecule has 1 aliphatic carbocycles. The minimum Gasteiger partial charge on any atom is -0.490 e. The molecule has 0 aliphatic heterocycles. The molecule has 0 aromatic carbocycles. The normalized spacial score (nSPS) is 16.3. The van der Waals surface area contributed by atoms with Crippen molar-refractivity contribution in [3.8, 4) is 5.75 Å².